The van der Waals surface area contributed by atoms with Crippen molar-refractivity contribution < 1.29 is 0 Å². The molecule has 0 bridgehead atoms. The topological polar surface area (TPSA) is 12.0 Å². The van der Waals surface area contributed by atoms with Gasteiger partial charge in [-0.15, -0.1) is 0 Å². The van der Waals surface area contributed by atoms with Gasteiger partial charge >= 0.3 is 0 Å². The van der Waals surface area contributed by atoms with Crippen molar-refractivity contribution in [2.45, 2.75) is 38.6 Å². The smallest absolute Gasteiger partial charge is 0.00614 e. The molecule has 10 heavy (non-hydrogen) atoms. The quantitative estimate of drug-likeness (QED) is 0.449. The molecule has 0 aromatic rings. The summed E-state index contributed by atoms with van der Waals surface area (Å²) in [7, 11) is 2.04. The molecule has 1 N–H and O–H groups in total. The van der Waals surface area contributed by atoms with E-state index < -0.39 is 0 Å². The first-order valence-corrected chi connectivity index (χ1v) is 4.76. The van der Waals surface area contributed by atoms with E-state index in [1.807, 2.05) is 7.05 Å². The van der Waals surface area contributed by atoms with Gasteiger partial charge in [0.25, 0.3) is 0 Å². The van der Waals surface area contributed by atoms with Crippen LogP contribution in [0, 0.1) is 0 Å². The minimum atomic E-state index is 0.722. The summed E-state index contributed by atoms with van der Waals surface area (Å²) in [5.41, 5.74) is 0. The van der Waals surface area contributed by atoms with Crippen LogP contribution in [0.3, 0.4) is 0 Å². The highest BCUT2D eigenvalue weighted by atomic mass is 32.1. The molecule has 0 spiro atoms. The third-order valence-corrected chi connectivity index (χ3v) is 2.18. The van der Waals surface area contributed by atoms with E-state index in [-0.39, 0.29) is 0 Å². The van der Waals surface area contributed by atoms with Gasteiger partial charge in [0, 0.05) is 6.04 Å². The lowest BCUT2D eigenvalue weighted by atomic mass is 10.1. The Morgan fingerprint density at radius 3 is 2.50 bits per heavy atom. The van der Waals surface area contributed by atoms with Gasteiger partial charge in [-0.3, -0.25) is 0 Å². The molecule has 0 saturated carbocycles. The van der Waals surface area contributed by atoms with Crippen LogP contribution in [0.1, 0.15) is 32.6 Å². The van der Waals surface area contributed by atoms with Crippen molar-refractivity contribution in [3.05, 3.63) is 0 Å². The molecule has 0 amide bonds. The van der Waals surface area contributed by atoms with Crippen LogP contribution >= 0.6 is 12.6 Å². The zero-order chi connectivity index (χ0) is 7.82. The average molecular weight is 161 g/mol. The number of hydrogen-bond donors (Lipinski definition) is 2. The molecule has 0 saturated heterocycles. The van der Waals surface area contributed by atoms with Gasteiger partial charge in [-0.2, -0.15) is 12.6 Å². The summed E-state index contributed by atoms with van der Waals surface area (Å²) >= 11 is 4.16. The van der Waals surface area contributed by atoms with Gasteiger partial charge in [-0.25, -0.2) is 0 Å². The van der Waals surface area contributed by atoms with E-state index in [1.54, 1.807) is 0 Å². The highest BCUT2D eigenvalue weighted by Gasteiger charge is 2.00. The van der Waals surface area contributed by atoms with Gasteiger partial charge in [-0.05, 0) is 32.1 Å². The minimum Gasteiger partial charge on any atom is -0.317 e. The fraction of sp³-hybridized carbons (Fsp3) is 1.00. The fourth-order valence-corrected chi connectivity index (χ4v) is 1.28. The molecule has 0 heterocycles. The van der Waals surface area contributed by atoms with Crippen LogP contribution in [0.4, 0.5) is 0 Å². The highest BCUT2D eigenvalue weighted by molar-refractivity contribution is 7.80. The van der Waals surface area contributed by atoms with Gasteiger partial charge in [-0.1, -0.05) is 13.3 Å². The molecule has 2 heteroatoms. The van der Waals surface area contributed by atoms with Crippen LogP contribution in [0.15, 0.2) is 0 Å². The summed E-state index contributed by atoms with van der Waals surface area (Å²) in [6.45, 7) is 2.22. The fourth-order valence-electron chi connectivity index (χ4n) is 1.06. The van der Waals surface area contributed by atoms with Crippen LogP contribution in [0.5, 0.6) is 0 Å². The van der Waals surface area contributed by atoms with Crippen molar-refractivity contribution in [3.8, 4) is 0 Å². The van der Waals surface area contributed by atoms with Crippen molar-refractivity contribution in [3.63, 3.8) is 0 Å². The standard InChI is InChI=1S/C8H19NS/c1-3-8(9-2)6-4-5-7-10/h8-10H,3-7H2,1-2H3. The Bertz CT molecular complexity index is 62.3. The van der Waals surface area contributed by atoms with E-state index >= 15 is 0 Å². The summed E-state index contributed by atoms with van der Waals surface area (Å²) in [5, 5.41) is 3.29. The monoisotopic (exact) mass is 161 g/mol. The zero-order valence-corrected chi connectivity index (χ0v) is 7.95. The molecule has 1 unspecified atom stereocenters. The molecule has 1 atom stereocenters. The third kappa shape index (κ3) is 5.12. The molecule has 0 aromatic heterocycles. The summed E-state index contributed by atoms with van der Waals surface area (Å²) in [6, 6.07) is 0.722. The Morgan fingerprint density at radius 1 is 1.40 bits per heavy atom. The molecular formula is C8H19NS. The Labute approximate surface area is 70.0 Å². The van der Waals surface area contributed by atoms with Crippen molar-refractivity contribution in [1.29, 1.82) is 0 Å². The maximum Gasteiger partial charge on any atom is 0.00614 e. The molecule has 1 nitrogen and oxygen atoms in total. The molecule has 0 fully saturated rings. The number of thiol groups is 1. The van der Waals surface area contributed by atoms with E-state index in [1.165, 1.54) is 25.7 Å². The maximum atomic E-state index is 4.16. The molecule has 0 aliphatic carbocycles. The van der Waals surface area contributed by atoms with Gasteiger partial charge in [0.2, 0.25) is 0 Å². The Kier molecular flexibility index (Phi) is 7.65. The van der Waals surface area contributed by atoms with Crippen LogP contribution < -0.4 is 5.32 Å². The average Bonchev–Trinajstić information content (AvgIpc) is 1.99. The predicted octanol–water partition coefficient (Wildman–Crippen LogP) is 2.08. The second-order valence-electron chi connectivity index (χ2n) is 2.61. The second-order valence-corrected chi connectivity index (χ2v) is 3.06. The van der Waals surface area contributed by atoms with E-state index in [0.717, 1.165) is 11.8 Å². The lowest BCUT2D eigenvalue weighted by molar-refractivity contribution is 0.489. The summed E-state index contributed by atoms with van der Waals surface area (Å²) in [4.78, 5) is 0. The molecule has 0 aliphatic heterocycles. The summed E-state index contributed by atoms with van der Waals surface area (Å²) < 4.78 is 0. The van der Waals surface area contributed by atoms with E-state index in [9.17, 15) is 0 Å². The SMILES string of the molecule is CCC(CCCCS)NC. The lowest BCUT2D eigenvalue weighted by Gasteiger charge is -2.12. The second kappa shape index (κ2) is 7.42. The Hall–Kier alpha value is 0.310. The number of hydrogen-bond acceptors (Lipinski definition) is 2. The Balaban J connectivity index is 3.09. The minimum absolute atomic E-state index is 0.722. The van der Waals surface area contributed by atoms with Crippen molar-refractivity contribution >= 4 is 12.6 Å². The van der Waals surface area contributed by atoms with Gasteiger partial charge < -0.3 is 5.32 Å². The van der Waals surface area contributed by atoms with Crippen LogP contribution in [0.25, 0.3) is 0 Å². The molecular weight excluding hydrogens is 142 g/mol. The first kappa shape index (κ1) is 10.3. The highest BCUT2D eigenvalue weighted by Crippen LogP contribution is 2.03. The Morgan fingerprint density at radius 2 is 2.10 bits per heavy atom. The van der Waals surface area contributed by atoms with Gasteiger partial charge in [0.15, 0.2) is 0 Å². The zero-order valence-electron chi connectivity index (χ0n) is 7.06. The molecule has 62 valence electrons. The normalized spacial score (nSPS) is 13.5. The van der Waals surface area contributed by atoms with E-state index in [2.05, 4.69) is 24.9 Å². The van der Waals surface area contributed by atoms with E-state index in [0.29, 0.717) is 0 Å². The number of rotatable bonds is 6. The van der Waals surface area contributed by atoms with Gasteiger partial charge in [0.1, 0.15) is 0 Å². The van der Waals surface area contributed by atoms with Gasteiger partial charge in [0.05, 0.1) is 0 Å². The summed E-state index contributed by atoms with van der Waals surface area (Å²) in [5.74, 6) is 1.03. The molecule has 0 radical (unpaired) electrons. The van der Waals surface area contributed by atoms with Crippen LogP contribution in [0.2, 0.25) is 0 Å². The van der Waals surface area contributed by atoms with Crippen LogP contribution in [-0.4, -0.2) is 18.8 Å². The number of unbranched alkanes of at least 4 members (excludes halogenated alkanes) is 1. The lowest BCUT2D eigenvalue weighted by Crippen LogP contribution is -2.23. The molecule has 0 aromatic carbocycles. The van der Waals surface area contributed by atoms with Crippen molar-refractivity contribution in [1.82, 2.24) is 5.32 Å². The first-order valence-electron chi connectivity index (χ1n) is 4.13. The molecule has 0 rings (SSSR count). The largest absolute Gasteiger partial charge is 0.317 e. The summed E-state index contributed by atoms with van der Waals surface area (Å²) in [6.07, 6.45) is 5.10. The van der Waals surface area contributed by atoms with Crippen molar-refractivity contribution in [2.24, 2.45) is 0 Å². The maximum absolute atomic E-state index is 4.16. The van der Waals surface area contributed by atoms with E-state index in [4.69, 9.17) is 0 Å². The first-order chi connectivity index (χ1) is 4.85. The van der Waals surface area contributed by atoms with Crippen molar-refractivity contribution in [2.75, 3.05) is 12.8 Å². The van der Waals surface area contributed by atoms with Crippen LogP contribution in [-0.2, 0) is 0 Å². The predicted molar refractivity (Wildman–Crippen MR) is 50.8 cm³/mol. The number of nitrogens with one attached hydrogen (secondary N) is 1. The third-order valence-electron chi connectivity index (χ3n) is 1.86. The molecule has 0 aliphatic rings.